The first-order valence-corrected chi connectivity index (χ1v) is 9.75. The van der Waals surface area contributed by atoms with Gasteiger partial charge in [0.2, 0.25) is 0 Å². The Bertz CT molecular complexity index is 1420. The van der Waals surface area contributed by atoms with Gasteiger partial charge in [0, 0.05) is 12.4 Å². The monoisotopic (exact) mass is 388 g/mol. The van der Waals surface area contributed by atoms with Crippen molar-refractivity contribution in [1.82, 2.24) is 29.9 Å². The van der Waals surface area contributed by atoms with Crippen molar-refractivity contribution in [2.24, 2.45) is 0 Å². The Morgan fingerprint density at radius 1 is 0.700 bits per heavy atom. The van der Waals surface area contributed by atoms with Crippen LogP contribution >= 0.6 is 0 Å². The summed E-state index contributed by atoms with van der Waals surface area (Å²) in [6.07, 6.45) is 11.8. The van der Waals surface area contributed by atoms with Crippen LogP contribution in [0, 0.1) is 0 Å². The molecule has 5 aromatic rings. The molecule has 0 fully saturated rings. The normalized spacial score (nSPS) is 13.6. The van der Waals surface area contributed by atoms with Crippen molar-refractivity contribution in [3.8, 4) is 22.8 Å². The van der Waals surface area contributed by atoms with E-state index in [1.165, 1.54) is 0 Å². The van der Waals surface area contributed by atoms with Crippen LogP contribution in [0.4, 0.5) is 0 Å². The Hall–Kier alpha value is -4.19. The van der Waals surface area contributed by atoms with Gasteiger partial charge in [-0.1, -0.05) is 36.4 Å². The molecule has 1 aliphatic rings. The van der Waals surface area contributed by atoms with Crippen molar-refractivity contribution in [1.29, 1.82) is 0 Å². The number of imidazole rings is 1. The maximum atomic E-state index is 5.02. The summed E-state index contributed by atoms with van der Waals surface area (Å²) in [5, 5.41) is 0. The van der Waals surface area contributed by atoms with E-state index in [9.17, 15) is 0 Å². The van der Waals surface area contributed by atoms with Gasteiger partial charge in [0.15, 0.2) is 0 Å². The standard InChI is InChI=1S/C24H16N6/c1-2-8-15(7-1)24-28-19-12-11-18-22(23(19)30-24)29-21(17-10-4-6-14-26-17)20(27-18)16-9-3-5-13-25-16/h1-15,27H. The summed E-state index contributed by atoms with van der Waals surface area (Å²) in [6.45, 7) is 0. The average molecular weight is 388 g/mol. The van der Waals surface area contributed by atoms with Crippen molar-refractivity contribution in [2.75, 3.05) is 0 Å². The number of fused-ring (bicyclic) bond motifs is 3. The van der Waals surface area contributed by atoms with E-state index in [1.54, 1.807) is 12.4 Å². The number of pyridine rings is 2. The lowest BCUT2D eigenvalue weighted by Gasteiger charge is -2.11. The Morgan fingerprint density at radius 3 is 2.20 bits per heavy atom. The van der Waals surface area contributed by atoms with Crippen LogP contribution in [-0.4, -0.2) is 29.9 Å². The smallest absolute Gasteiger partial charge is 0.140 e. The number of hydrogen-bond donors (Lipinski definition) is 1. The second-order valence-electron chi connectivity index (χ2n) is 7.10. The van der Waals surface area contributed by atoms with Crippen molar-refractivity contribution < 1.29 is 0 Å². The third kappa shape index (κ3) is 2.69. The number of H-pyrrole nitrogens is 1. The molecule has 1 aliphatic carbocycles. The zero-order valence-corrected chi connectivity index (χ0v) is 15.9. The predicted octanol–water partition coefficient (Wildman–Crippen LogP) is 4.84. The van der Waals surface area contributed by atoms with Gasteiger partial charge < -0.3 is 4.98 Å². The summed E-state index contributed by atoms with van der Waals surface area (Å²) in [7, 11) is 0. The average Bonchev–Trinajstić information content (AvgIpc) is 3.49. The Kier molecular flexibility index (Phi) is 3.74. The summed E-state index contributed by atoms with van der Waals surface area (Å²) in [4.78, 5) is 27.1. The molecule has 6 heteroatoms. The number of aromatic nitrogens is 6. The van der Waals surface area contributed by atoms with Crippen molar-refractivity contribution in [2.45, 2.75) is 5.92 Å². The molecule has 4 heterocycles. The van der Waals surface area contributed by atoms with E-state index in [-0.39, 0.29) is 5.92 Å². The van der Waals surface area contributed by atoms with Gasteiger partial charge in [-0.05, 0) is 36.4 Å². The molecule has 0 bridgehead atoms. The second kappa shape index (κ2) is 6.70. The SMILES string of the molecule is C1=CC(c2nc3ccc4[nH]c(-c5ccccn5)c(-c5ccccn5)nc4c3n2)C=C1. The number of nitrogens with one attached hydrogen (secondary N) is 1. The third-order valence-corrected chi connectivity index (χ3v) is 5.19. The maximum absolute atomic E-state index is 5.02. The molecule has 142 valence electrons. The number of rotatable bonds is 3. The quantitative estimate of drug-likeness (QED) is 0.478. The number of benzene rings is 1. The molecule has 4 aromatic heterocycles. The minimum absolute atomic E-state index is 0.111. The summed E-state index contributed by atoms with van der Waals surface area (Å²) in [6, 6.07) is 15.6. The van der Waals surface area contributed by atoms with Crippen molar-refractivity contribution in [3.63, 3.8) is 0 Å². The molecule has 1 N–H and O–H groups in total. The zero-order valence-electron chi connectivity index (χ0n) is 15.9. The maximum Gasteiger partial charge on any atom is 0.140 e. The lowest BCUT2D eigenvalue weighted by Crippen LogP contribution is -1.98. The Morgan fingerprint density at radius 2 is 1.47 bits per heavy atom. The highest BCUT2D eigenvalue weighted by molar-refractivity contribution is 6.02. The summed E-state index contributed by atoms with van der Waals surface area (Å²) in [5.74, 6) is 0.900. The molecule has 6 rings (SSSR count). The van der Waals surface area contributed by atoms with E-state index in [0.29, 0.717) is 0 Å². The van der Waals surface area contributed by atoms with Crippen LogP contribution in [-0.2, 0) is 0 Å². The fourth-order valence-corrected chi connectivity index (χ4v) is 3.75. The predicted molar refractivity (Wildman–Crippen MR) is 117 cm³/mol. The number of allylic oxidation sites excluding steroid dienone is 4. The minimum Gasteiger partial charge on any atom is -0.350 e. The van der Waals surface area contributed by atoms with E-state index in [0.717, 1.165) is 50.7 Å². The zero-order chi connectivity index (χ0) is 19.9. The van der Waals surface area contributed by atoms with Gasteiger partial charge in [0.1, 0.15) is 22.6 Å². The highest BCUT2D eigenvalue weighted by Crippen LogP contribution is 2.32. The number of aromatic amines is 1. The van der Waals surface area contributed by atoms with E-state index < -0.39 is 0 Å². The summed E-state index contributed by atoms with van der Waals surface area (Å²) >= 11 is 0. The highest BCUT2D eigenvalue weighted by Gasteiger charge is 2.19. The molecular weight excluding hydrogens is 372 g/mol. The second-order valence-corrected chi connectivity index (χ2v) is 7.10. The lowest BCUT2D eigenvalue weighted by molar-refractivity contribution is 0.971. The van der Waals surface area contributed by atoms with Gasteiger partial charge in [-0.25, -0.2) is 15.0 Å². The van der Waals surface area contributed by atoms with E-state index in [1.807, 2.05) is 60.7 Å². The fourth-order valence-electron chi connectivity index (χ4n) is 3.75. The molecule has 6 nitrogen and oxygen atoms in total. The Labute approximate surface area is 172 Å². The molecular formula is C24H16N6. The molecule has 0 unspecified atom stereocenters. The molecule has 1 aromatic carbocycles. The number of hydrogen-bond acceptors (Lipinski definition) is 5. The van der Waals surface area contributed by atoms with Crippen LogP contribution in [0.15, 0.2) is 85.2 Å². The lowest BCUT2D eigenvalue weighted by atomic mass is 10.1. The van der Waals surface area contributed by atoms with Gasteiger partial charge in [-0.2, -0.15) is 0 Å². The van der Waals surface area contributed by atoms with E-state index >= 15 is 0 Å². The van der Waals surface area contributed by atoms with Gasteiger partial charge in [0.25, 0.3) is 0 Å². The van der Waals surface area contributed by atoms with E-state index in [2.05, 4.69) is 27.1 Å². The molecule has 0 aliphatic heterocycles. The van der Waals surface area contributed by atoms with Gasteiger partial charge in [0.05, 0.1) is 34.0 Å². The largest absolute Gasteiger partial charge is 0.350 e. The molecule has 0 atom stereocenters. The third-order valence-electron chi connectivity index (χ3n) is 5.19. The molecule has 0 spiro atoms. The first kappa shape index (κ1) is 16.7. The molecule has 0 saturated carbocycles. The van der Waals surface area contributed by atoms with Crippen LogP contribution in [0.3, 0.4) is 0 Å². The number of nitrogens with zero attached hydrogens (tertiary/aromatic N) is 5. The first-order chi connectivity index (χ1) is 14.9. The topological polar surface area (TPSA) is 80.2 Å². The van der Waals surface area contributed by atoms with Crippen LogP contribution in [0.25, 0.3) is 44.8 Å². The van der Waals surface area contributed by atoms with E-state index in [4.69, 9.17) is 15.0 Å². The Balaban J connectivity index is 1.64. The van der Waals surface area contributed by atoms with Crippen LogP contribution in [0.5, 0.6) is 0 Å². The minimum atomic E-state index is 0.111. The molecule has 0 radical (unpaired) electrons. The van der Waals surface area contributed by atoms with Crippen LogP contribution < -0.4 is 0 Å². The van der Waals surface area contributed by atoms with Gasteiger partial charge >= 0.3 is 0 Å². The fraction of sp³-hybridized carbons (Fsp3) is 0.0417. The molecule has 0 saturated heterocycles. The van der Waals surface area contributed by atoms with Gasteiger partial charge in [-0.3, -0.25) is 9.97 Å². The van der Waals surface area contributed by atoms with Crippen molar-refractivity contribution >= 4 is 22.1 Å². The summed E-state index contributed by atoms with van der Waals surface area (Å²) < 4.78 is 0. The highest BCUT2D eigenvalue weighted by atomic mass is 15.0. The molecule has 0 amide bonds. The summed E-state index contributed by atoms with van der Waals surface area (Å²) in [5.41, 5.74) is 6.42. The van der Waals surface area contributed by atoms with Crippen molar-refractivity contribution in [3.05, 3.63) is 91.1 Å². The van der Waals surface area contributed by atoms with Crippen LogP contribution in [0.1, 0.15) is 11.7 Å². The first-order valence-electron chi connectivity index (χ1n) is 9.75. The van der Waals surface area contributed by atoms with Crippen LogP contribution in [0.2, 0.25) is 0 Å². The van der Waals surface area contributed by atoms with Gasteiger partial charge in [-0.15, -0.1) is 0 Å². The molecule has 30 heavy (non-hydrogen) atoms.